The Kier molecular flexibility index (Phi) is 4.86. The molecule has 3 rings (SSSR count). The smallest absolute Gasteiger partial charge is 0.326 e. The van der Waals surface area contributed by atoms with Gasteiger partial charge in [-0.1, -0.05) is 71.0 Å². The lowest BCUT2D eigenvalue weighted by Gasteiger charge is -2.16. The Bertz CT molecular complexity index is 943. The number of fused-ring (bicyclic) bond motifs is 2. The van der Waals surface area contributed by atoms with E-state index in [9.17, 15) is 14.7 Å². The first-order chi connectivity index (χ1) is 12.0. The SMILES string of the molecule is C=C(Br)C[C@@H](NC(=O)c1c2ccccc2cc2ccccc12)C(=O)O. The predicted octanol–water partition coefficient (Wildman–Crippen LogP) is 4.47. The fourth-order valence-corrected chi connectivity index (χ4v) is 3.23. The van der Waals surface area contributed by atoms with Crippen LogP contribution >= 0.6 is 15.9 Å². The molecule has 25 heavy (non-hydrogen) atoms. The van der Waals surface area contributed by atoms with E-state index in [0.717, 1.165) is 21.5 Å². The summed E-state index contributed by atoms with van der Waals surface area (Å²) in [5, 5.41) is 15.4. The summed E-state index contributed by atoms with van der Waals surface area (Å²) in [7, 11) is 0. The van der Waals surface area contributed by atoms with Crippen LogP contribution < -0.4 is 5.32 Å². The van der Waals surface area contributed by atoms with Crippen molar-refractivity contribution in [1.82, 2.24) is 5.32 Å². The van der Waals surface area contributed by atoms with Gasteiger partial charge in [-0.2, -0.15) is 0 Å². The third kappa shape index (κ3) is 3.56. The topological polar surface area (TPSA) is 66.4 Å². The molecule has 0 heterocycles. The van der Waals surface area contributed by atoms with Crippen molar-refractivity contribution >= 4 is 49.4 Å². The molecule has 1 amide bonds. The summed E-state index contributed by atoms with van der Waals surface area (Å²) in [6.45, 7) is 3.66. The van der Waals surface area contributed by atoms with Crippen molar-refractivity contribution in [3.8, 4) is 0 Å². The lowest BCUT2D eigenvalue weighted by Crippen LogP contribution is -2.40. The maximum Gasteiger partial charge on any atom is 0.326 e. The maximum atomic E-state index is 12.9. The van der Waals surface area contributed by atoms with E-state index in [1.165, 1.54) is 0 Å². The highest BCUT2D eigenvalue weighted by Gasteiger charge is 2.23. The lowest BCUT2D eigenvalue weighted by atomic mass is 9.96. The number of nitrogens with one attached hydrogen (secondary N) is 1. The van der Waals surface area contributed by atoms with Crippen molar-refractivity contribution in [2.24, 2.45) is 0 Å². The highest BCUT2D eigenvalue weighted by Crippen LogP contribution is 2.28. The van der Waals surface area contributed by atoms with Crippen molar-refractivity contribution in [3.63, 3.8) is 0 Å². The molecule has 126 valence electrons. The molecule has 0 radical (unpaired) electrons. The minimum atomic E-state index is -1.10. The van der Waals surface area contributed by atoms with Crippen LogP contribution in [0, 0.1) is 0 Å². The Hall–Kier alpha value is -2.66. The minimum absolute atomic E-state index is 0.115. The maximum absolute atomic E-state index is 12.9. The second-order valence-corrected chi connectivity index (χ2v) is 6.90. The van der Waals surface area contributed by atoms with Crippen molar-refractivity contribution < 1.29 is 14.7 Å². The largest absolute Gasteiger partial charge is 0.480 e. The standard InChI is InChI=1S/C20H16BrNO3/c1-12(21)10-17(20(24)25)22-19(23)18-15-8-4-2-6-13(15)11-14-7-3-5-9-16(14)18/h2-9,11,17H,1,10H2,(H,22,23)(H,24,25)/t17-/m1/s1. The van der Waals surface area contributed by atoms with Crippen LogP contribution in [0.2, 0.25) is 0 Å². The first kappa shape index (κ1) is 17.2. The van der Waals surface area contributed by atoms with Gasteiger partial charge in [0.1, 0.15) is 6.04 Å². The molecule has 0 aliphatic rings. The summed E-state index contributed by atoms with van der Waals surface area (Å²) in [4.78, 5) is 24.4. The lowest BCUT2D eigenvalue weighted by molar-refractivity contribution is -0.139. The van der Waals surface area contributed by atoms with Gasteiger partial charge in [0.25, 0.3) is 5.91 Å². The number of hydrogen-bond donors (Lipinski definition) is 2. The number of halogens is 1. The third-order valence-corrected chi connectivity index (χ3v) is 4.35. The number of hydrogen-bond acceptors (Lipinski definition) is 2. The van der Waals surface area contributed by atoms with Crippen molar-refractivity contribution in [2.45, 2.75) is 12.5 Å². The second-order valence-electron chi connectivity index (χ2n) is 5.78. The van der Waals surface area contributed by atoms with E-state index in [-0.39, 0.29) is 6.42 Å². The summed E-state index contributed by atoms with van der Waals surface area (Å²) in [5.74, 6) is -1.51. The number of carbonyl (C=O) groups excluding carboxylic acids is 1. The highest BCUT2D eigenvalue weighted by atomic mass is 79.9. The Balaban J connectivity index is 2.13. The fraction of sp³-hybridized carbons (Fsp3) is 0.100. The number of rotatable bonds is 5. The second kappa shape index (κ2) is 7.07. The summed E-state index contributed by atoms with van der Waals surface area (Å²) in [5.41, 5.74) is 0.486. The van der Waals surface area contributed by atoms with Crippen LogP contribution in [0.1, 0.15) is 16.8 Å². The van der Waals surface area contributed by atoms with Crippen molar-refractivity contribution in [3.05, 3.63) is 71.2 Å². The molecule has 2 N–H and O–H groups in total. The summed E-state index contributed by atoms with van der Waals surface area (Å²) in [6, 6.07) is 16.1. The zero-order chi connectivity index (χ0) is 18.0. The molecular weight excluding hydrogens is 382 g/mol. The summed E-state index contributed by atoms with van der Waals surface area (Å²) >= 11 is 3.16. The number of carboxylic acids is 1. The Morgan fingerprint density at radius 2 is 1.56 bits per heavy atom. The van der Waals surface area contributed by atoms with E-state index in [2.05, 4.69) is 27.8 Å². The molecule has 0 saturated carbocycles. The van der Waals surface area contributed by atoms with Gasteiger partial charge >= 0.3 is 5.97 Å². The fourth-order valence-electron chi connectivity index (χ4n) is 2.91. The van der Waals surface area contributed by atoms with Crippen molar-refractivity contribution in [2.75, 3.05) is 0 Å². The number of carbonyl (C=O) groups is 2. The van der Waals surface area contributed by atoms with Crippen LogP contribution in [-0.4, -0.2) is 23.0 Å². The Labute approximate surface area is 153 Å². The summed E-state index contributed by atoms with van der Waals surface area (Å²) in [6.07, 6.45) is 0.115. The molecule has 4 nitrogen and oxygen atoms in total. The first-order valence-corrected chi connectivity index (χ1v) is 8.54. The first-order valence-electron chi connectivity index (χ1n) is 7.75. The molecule has 0 bridgehead atoms. The van der Waals surface area contributed by atoms with Gasteiger partial charge in [-0.3, -0.25) is 4.79 Å². The van der Waals surface area contributed by atoms with Crippen molar-refractivity contribution in [1.29, 1.82) is 0 Å². The van der Waals surface area contributed by atoms with Gasteiger partial charge in [-0.05, 0) is 32.1 Å². The zero-order valence-electron chi connectivity index (χ0n) is 13.3. The van der Waals surface area contributed by atoms with Crippen LogP contribution in [0.4, 0.5) is 0 Å². The summed E-state index contributed by atoms with van der Waals surface area (Å²) < 4.78 is 0.517. The van der Waals surface area contributed by atoms with E-state index in [0.29, 0.717) is 10.0 Å². The van der Waals surface area contributed by atoms with Gasteiger partial charge in [0, 0.05) is 6.42 Å². The molecule has 1 atom stereocenters. The average Bonchev–Trinajstić information content (AvgIpc) is 2.58. The van der Waals surface area contributed by atoms with Crippen LogP contribution in [0.15, 0.2) is 65.7 Å². The molecule has 0 unspecified atom stereocenters. The molecule has 0 saturated heterocycles. The molecule has 0 fully saturated rings. The molecule has 0 aliphatic heterocycles. The minimum Gasteiger partial charge on any atom is -0.480 e. The van der Waals surface area contributed by atoms with Crippen LogP contribution in [0.3, 0.4) is 0 Å². The zero-order valence-corrected chi connectivity index (χ0v) is 14.9. The number of benzene rings is 3. The third-order valence-electron chi connectivity index (χ3n) is 4.03. The highest BCUT2D eigenvalue weighted by molar-refractivity contribution is 9.11. The molecular formula is C20H16BrNO3. The normalized spacial score (nSPS) is 12.0. The Morgan fingerprint density at radius 3 is 2.04 bits per heavy atom. The Morgan fingerprint density at radius 1 is 1.04 bits per heavy atom. The van der Waals surface area contributed by atoms with Crippen LogP contribution in [0.25, 0.3) is 21.5 Å². The van der Waals surface area contributed by atoms with E-state index >= 15 is 0 Å². The number of aliphatic carboxylic acids is 1. The molecule has 3 aromatic rings. The molecule has 0 spiro atoms. The van der Waals surface area contributed by atoms with Gasteiger partial charge < -0.3 is 10.4 Å². The van der Waals surface area contributed by atoms with Crippen LogP contribution in [-0.2, 0) is 4.79 Å². The molecule has 5 heteroatoms. The van der Waals surface area contributed by atoms with E-state index in [1.807, 2.05) is 54.6 Å². The van der Waals surface area contributed by atoms with Crippen LogP contribution in [0.5, 0.6) is 0 Å². The van der Waals surface area contributed by atoms with Gasteiger partial charge in [0.2, 0.25) is 0 Å². The van der Waals surface area contributed by atoms with Gasteiger partial charge in [-0.25, -0.2) is 4.79 Å². The van der Waals surface area contributed by atoms with Gasteiger partial charge in [0.15, 0.2) is 0 Å². The molecule has 0 aliphatic carbocycles. The number of carboxylic acid groups (broad SMARTS) is 1. The quantitative estimate of drug-likeness (QED) is 0.623. The van der Waals surface area contributed by atoms with E-state index < -0.39 is 17.9 Å². The van der Waals surface area contributed by atoms with E-state index in [4.69, 9.17) is 0 Å². The van der Waals surface area contributed by atoms with E-state index in [1.54, 1.807) is 0 Å². The monoisotopic (exact) mass is 397 g/mol. The van der Waals surface area contributed by atoms with Gasteiger partial charge in [0.05, 0.1) is 5.56 Å². The predicted molar refractivity (Wildman–Crippen MR) is 103 cm³/mol. The molecule has 3 aromatic carbocycles. The average molecular weight is 398 g/mol. The van der Waals surface area contributed by atoms with Gasteiger partial charge in [-0.15, -0.1) is 0 Å². The molecule has 0 aromatic heterocycles. The number of amides is 1.